The van der Waals surface area contributed by atoms with E-state index >= 15 is 0 Å². The van der Waals surface area contributed by atoms with E-state index in [9.17, 15) is 4.79 Å². The second-order valence-electron chi connectivity index (χ2n) is 6.99. The van der Waals surface area contributed by atoms with Crippen LogP contribution in [0.25, 0.3) is 0 Å². The number of carbonyl (C=O) groups is 1. The summed E-state index contributed by atoms with van der Waals surface area (Å²) in [7, 11) is 0. The number of likely N-dealkylation sites (tertiary alicyclic amines) is 1. The molecule has 0 saturated carbocycles. The van der Waals surface area contributed by atoms with Crippen LogP contribution in [0, 0.1) is 0 Å². The predicted octanol–water partition coefficient (Wildman–Crippen LogP) is 3.34. The highest BCUT2D eigenvalue weighted by Gasteiger charge is 2.16. The number of anilines is 2. The largest absolute Gasteiger partial charge is 0.489 e. The molecule has 3 rings (SSSR count). The molecule has 1 aliphatic rings. The Balaban J connectivity index is 1.67. The molecule has 0 bridgehead atoms. The highest BCUT2D eigenvalue weighted by Crippen LogP contribution is 2.22. The molecule has 138 valence electrons. The number of nitrogens with two attached hydrogens (primary N) is 2. The molecule has 4 N–H and O–H groups in total. The molecule has 1 heterocycles. The Morgan fingerprint density at radius 3 is 2.50 bits per heavy atom. The van der Waals surface area contributed by atoms with Gasteiger partial charge in [0.25, 0.3) is 0 Å². The molecule has 1 saturated heterocycles. The molecule has 0 aromatic heterocycles. The molecule has 0 aliphatic carbocycles. The number of carbonyl (C=O) groups excluding carboxylic acids is 1. The van der Waals surface area contributed by atoms with Gasteiger partial charge in [-0.05, 0) is 63.2 Å². The lowest BCUT2D eigenvalue weighted by molar-refractivity contribution is 0.103. The Bertz CT molecular complexity index is 770. The normalized spacial score (nSPS) is 16.2. The molecular weight excluding hydrogens is 326 g/mol. The summed E-state index contributed by atoms with van der Waals surface area (Å²) in [5.41, 5.74) is 13.5. The predicted molar refractivity (Wildman–Crippen MR) is 106 cm³/mol. The Morgan fingerprint density at radius 2 is 1.77 bits per heavy atom. The highest BCUT2D eigenvalue weighted by atomic mass is 16.5. The molecule has 0 radical (unpaired) electrons. The molecule has 26 heavy (non-hydrogen) atoms. The fourth-order valence-electron chi connectivity index (χ4n) is 3.37. The van der Waals surface area contributed by atoms with Gasteiger partial charge < -0.3 is 16.2 Å². The summed E-state index contributed by atoms with van der Waals surface area (Å²) < 4.78 is 6.05. The van der Waals surface area contributed by atoms with Gasteiger partial charge in [0.1, 0.15) is 11.9 Å². The average molecular weight is 353 g/mol. The van der Waals surface area contributed by atoms with Crippen LogP contribution >= 0.6 is 0 Å². The summed E-state index contributed by atoms with van der Waals surface area (Å²) >= 11 is 0. The number of piperidine rings is 1. The zero-order valence-corrected chi connectivity index (χ0v) is 15.3. The van der Waals surface area contributed by atoms with Crippen molar-refractivity contribution < 1.29 is 9.53 Å². The van der Waals surface area contributed by atoms with E-state index in [1.54, 1.807) is 30.3 Å². The van der Waals surface area contributed by atoms with E-state index in [1.807, 2.05) is 12.1 Å². The summed E-state index contributed by atoms with van der Waals surface area (Å²) in [6.45, 7) is 5.27. The zero-order chi connectivity index (χ0) is 18.5. The van der Waals surface area contributed by atoms with Crippen molar-refractivity contribution in [3.8, 4) is 5.75 Å². The molecule has 0 amide bonds. The average Bonchev–Trinajstić information content (AvgIpc) is 2.64. The Morgan fingerprint density at radius 1 is 1.04 bits per heavy atom. The third-order valence-corrected chi connectivity index (χ3v) is 4.75. The van der Waals surface area contributed by atoms with Crippen molar-refractivity contribution in [1.29, 1.82) is 0 Å². The number of ether oxygens (including phenoxy) is 1. The van der Waals surface area contributed by atoms with Gasteiger partial charge >= 0.3 is 0 Å². The highest BCUT2D eigenvalue weighted by molar-refractivity contribution is 6.10. The summed E-state index contributed by atoms with van der Waals surface area (Å²) in [6, 6.07) is 12.3. The molecule has 1 unspecified atom stereocenters. The van der Waals surface area contributed by atoms with Crippen LogP contribution in [0.5, 0.6) is 5.75 Å². The molecule has 5 heteroatoms. The van der Waals surface area contributed by atoms with Crippen LogP contribution in [-0.2, 0) is 0 Å². The summed E-state index contributed by atoms with van der Waals surface area (Å²) in [5.74, 6) is 0.620. The Labute approximate surface area is 154 Å². The van der Waals surface area contributed by atoms with Gasteiger partial charge in [-0.25, -0.2) is 0 Å². The van der Waals surface area contributed by atoms with Gasteiger partial charge in [0.05, 0.1) is 11.4 Å². The third-order valence-electron chi connectivity index (χ3n) is 4.75. The van der Waals surface area contributed by atoms with Crippen molar-refractivity contribution in [1.82, 2.24) is 4.90 Å². The van der Waals surface area contributed by atoms with Gasteiger partial charge in [0, 0.05) is 17.7 Å². The minimum Gasteiger partial charge on any atom is -0.489 e. The first kappa shape index (κ1) is 18.3. The second kappa shape index (κ2) is 8.23. The Kier molecular flexibility index (Phi) is 5.78. The first-order valence-electron chi connectivity index (χ1n) is 9.21. The van der Waals surface area contributed by atoms with Gasteiger partial charge in [-0.15, -0.1) is 0 Å². The number of hydrogen-bond acceptors (Lipinski definition) is 5. The number of nitrogens with zero attached hydrogens (tertiary/aromatic N) is 1. The van der Waals surface area contributed by atoms with E-state index in [-0.39, 0.29) is 11.9 Å². The number of ketones is 1. The summed E-state index contributed by atoms with van der Waals surface area (Å²) in [6.07, 6.45) is 3.93. The van der Waals surface area contributed by atoms with Crippen molar-refractivity contribution in [3.63, 3.8) is 0 Å². The van der Waals surface area contributed by atoms with E-state index in [2.05, 4.69) is 11.8 Å². The number of hydrogen-bond donors (Lipinski definition) is 2. The lowest BCUT2D eigenvalue weighted by Crippen LogP contribution is -2.37. The van der Waals surface area contributed by atoms with Crippen LogP contribution < -0.4 is 16.2 Å². The fourth-order valence-corrected chi connectivity index (χ4v) is 3.37. The van der Waals surface area contributed by atoms with Gasteiger partial charge in [0.2, 0.25) is 0 Å². The zero-order valence-electron chi connectivity index (χ0n) is 15.3. The van der Waals surface area contributed by atoms with E-state index < -0.39 is 0 Å². The molecule has 2 aromatic carbocycles. The Hall–Kier alpha value is -2.53. The molecular formula is C21H27N3O2. The SMILES string of the molecule is CC(CN1CCCCC1)Oc1cccc(C(=O)c2ccc(N)c(N)c2)c1. The topological polar surface area (TPSA) is 81.6 Å². The second-order valence-corrected chi connectivity index (χ2v) is 6.99. The minimum absolute atomic E-state index is 0.0746. The molecule has 0 spiro atoms. The number of rotatable bonds is 6. The number of benzene rings is 2. The van der Waals surface area contributed by atoms with Crippen LogP contribution in [-0.4, -0.2) is 36.4 Å². The molecule has 1 atom stereocenters. The van der Waals surface area contributed by atoms with Crippen molar-refractivity contribution in [2.75, 3.05) is 31.1 Å². The molecule has 1 fully saturated rings. The first-order valence-corrected chi connectivity index (χ1v) is 9.21. The van der Waals surface area contributed by atoms with Crippen LogP contribution in [0.3, 0.4) is 0 Å². The van der Waals surface area contributed by atoms with Crippen molar-refractivity contribution >= 4 is 17.2 Å². The van der Waals surface area contributed by atoms with Crippen LogP contribution in [0.2, 0.25) is 0 Å². The van der Waals surface area contributed by atoms with Crippen molar-refractivity contribution in [2.45, 2.75) is 32.3 Å². The quantitative estimate of drug-likeness (QED) is 0.615. The third kappa shape index (κ3) is 4.55. The van der Waals surface area contributed by atoms with Crippen LogP contribution in [0.1, 0.15) is 42.1 Å². The lowest BCUT2D eigenvalue weighted by Gasteiger charge is -2.29. The van der Waals surface area contributed by atoms with Crippen LogP contribution in [0.4, 0.5) is 11.4 Å². The van der Waals surface area contributed by atoms with Gasteiger partial charge in [-0.3, -0.25) is 9.69 Å². The monoisotopic (exact) mass is 353 g/mol. The minimum atomic E-state index is -0.0918. The molecule has 2 aromatic rings. The fraction of sp³-hybridized carbons (Fsp3) is 0.381. The summed E-state index contributed by atoms with van der Waals surface area (Å²) in [5, 5.41) is 0. The first-order chi connectivity index (χ1) is 12.5. The van der Waals surface area contributed by atoms with Crippen LogP contribution in [0.15, 0.2) is 42.5 Å². The van der Waals surface area contributed by atoms with E-state index in [0.29, 0.717) is 28.3 Å². The maximum atomic E-state index is 12.7. The maximum absolute atomic E-state index is 12.7. The van der Waals surface area contributed by atoms with Gasteiger partial charge in [-0.1, -0.05) is 18.6 Å². The summed E-state index contributed by atoms with van der Waals surface area (Å²) in [4.78, 5) is 15.1. The molecule has 1 aliphatic heterocycles. The van der Waals surface area contributed by atoms with Crippen molar-refractivity contribution in [3.05, 3.63) is 53.6 Å². The standard InChI is InChI=1S/C21H27N3O2/c1-15(14-24-10-3-2-4-11-24)26-18-7-5-6-16(12-18)21(25)17-8-9-19(22)20(23)13-17/h5-9,12-13,15H,2-4,10-11,14,22-23H2,1H3. The van der Waals surface area contributed by atoms with Gasteiger partial charge in [-0.2, -0.15) is 0 Å². The lowest BCUT2D eigenvalue weighted by atomic mass is 10.0. The van der Waals surface area contributed by atoms with E-state index in [1.165, 1.54) is 19.3 Å². The van der Waals surface area contributed by atoms with E-state index in [4.69, 9.17) is 16.2 Å². The van der Waals surface area contributed by atoms with Crippen molar-refractivity contribution in [2.24, 2.45) is 0 Å². The van der Waals surface area contributed by atoms with Gasteiger partial charge in [0.15, 0.2) is 5.78 Å². The molecule has 5 nitrogen and oxygen atoms in total. The van der Waals surface area contributed by atoms with E-state index in [0.717, 1.165) is 19.6 Å². The number of nitrogen functional groups attached to an aromatic ring is 2. The smallest absolute Gasteiger partial charge is 0.193 e. The maximum Gasteiger partial charge on any atom is 0.193 e.